The predicted octanol–water partition coefficient (Wildman–Crippen LogP) is 0.952. The Bertz CT molecular complexity index is 365. The lowest BCUT2D eigenvalue weighted by Gasteiger charge is -2.18. The second-order valence-electron chi connectivity index (χ2n) is 4.51. The predicted molar refractivity (Wildman–Crippen MR) is 60.1 cm³/mol. The van der Waals surface area contributed by atoms with Gasteiger partial charge in [0.25, 0.3) is 0 Å². The minimum atomic E-state index is -1.06. The van der Waals surface area contributed by atoms with Gasteiger partial charge in [-0.05, 0) is 27.7 Å². The molecule has 0 aromatic rings. The normalized spacial score (nSPS) is 20.2. The molecule has 0 bridgehead atoms. The van der Waals surface area contributed by atoms with Crippen LogP contribution in [0, 0.1) is 0 Å². The second kappa shape index (κ2) is 4.87. The fourth-order valence-electron chi connectivity index (χ4n) is 1.65. The zero-order valence-electron chi connectivity index (χ0n) is 10.6. The number of carbonyl (C=O) groups excluding carboxylic acids is 2. The van der Waals surface area contributed by atoms with E-state index in [1.807, 2.05) is 0 Å². The summed E-state index contributed by atoms with van der Waals surface area (Å²) in [6.07, 6.45) is -0.556. The van der Waals surface area contributed by atoms with Crippen molar-refractivity contribution in [3.63, 3.8) is 0 Å². The van der Waals surface area contributed by atoms with Gasteiger partial charge in [0.1, 0.15) is 11.3 Å². The van der Waals surface area contributed by atoms with Gasteiger partial charge in [0.15, 0.2) is 5.60 Å². The van der Waals surface area contributed by atoms with Gasteiger partial charge in [-0.3, -0.25) is 4.79 Å². The van der Waals surface area contributed by atoms with Crippen LogP contribution in [0.25, 0.3) is 0 Å². The molecule has 1 atom stereocenters. The maximum Gasteiger partial charge on any atom is 0.345 e. The first-order valence-corrected chi connectivity index (χ1v) is 5.61. The number of esters is 1. The molecule has 1 aliphatic heterocycles. The van der Waals surface area contributed by atoms with E-state index in [0.717, 1.165) is 0 Å². The van der Waals surface area contributed by atoms with Gasteiger partial charge in [0.05, 0.1) is 12.7 Å². The van der Waals surface area contributed by atoms with Gasteiger partial charge >= 0.3 is 5.97 Å². The fourth-order valence-corrected chi connectivity index (χ4v) is 1.65. The first-order chi connectivity index (χ1) is 7.79. The number of ether oxygens (including phenoxy) is 2. The van der Waals surface area contributed by atoms with Crippen LogP contribution in [0.15, 0.2) is 11.3 Å². The average molecular weight is 242 g/mol. The van der Waals surface area contributed by atoms with Crippen molar-refractivity contribution < 1.29 is 24.2 Å². The first kappa shape index (κ1) is 13.7. The van der Waals surface area contributed by atoms with Crippen LogP contribution in [0.3, 0.4) is 0 Å². The van der Waals surface area contributed by atoms with E-state index < -0.39 is 23.5 Å². The van der Waals surface area contributed by atoms with Gasteiger partial charge in [0.2, 0.25) is 5.78 Å². The van der Waals surface area contributed by atoms with E-state index in [1.54, 1.807) is 27.7 Å². The Labute approximate surface area is 100 Å². The molecule has 0 aromatic heterocycles. The summed E-state index contributed by atoms with van der Waals surface area (Å²) in [5.74, 6) is -0.862. The van der Waals surface area contributed by atoms with Crippen LogP contribution in [0.2, 0.25) is 0 Å². The van der Waals surface area contributed by atoms with Gasteiger partial charge in [-0.25, -0.2) is 4.79 Å². The lowest BCUT2D eigenvalue weighted by molar-refractivity contribution is -0.140. The van der Waals surface area contributed by atoms with E-state index in [0.29, 0.717) is 0 Å². The highest BCUT2D eigenvalue weighted by Crippen LogP contribution is 2.33. The number of hydrogen-bond acceptors (Lipinski definition) is 5. The van der Waals surface area contributed by atoms with E-state index in [9.17, 15) is 14.7 Å². The third-order valence-corrected chi connectivity index (χ3v) is 2.39. The Morgan fingerprint density at radius 3 is 2.59 bits per heavy atom. The summed E-state index contributed by atoms with van der Waals surface area (Å²) in [7, 11) is 0. The van der Waals surface area contributed by atoms with E-state index in [1.165, 1.54) is 0 Å². The molecule has 1 aliphatic rings. The van der Waals surface area contributed by atoms with Crippen molar-refractivity contribution in [2.24, 2.45) is 0 Å². The maximum atomic E-state index is 12.0. The lowest BCUT2D eigenvalue weighted by Crippen LogP contribution is -2.31. The number of carbonyl (C=O) groups is 2. The number of hydrogen-bond donors (Lipinski definition) is 1. The summed E-state index contributed by atoms with van der Waals surface area (Å²) in [6, 6.07) is 0. The topological polar surface area (TPSA) is 72.8 Å². The number of rotatable bonds is 4. The zero-order chi connectivity index (χ0) is 13.2. The Kier molecular flexibility index (Phi) is 3.93. The van der Waals surface area contributed by atoms with Gasteiger partial charge in [-0.1, -0.05) is 0 Å². The number of aliphatic hydroxyl groups is 1. The molecule has 1 N–H and O–H groups in total. The SMILES string of the molecule is CCOC(=O)C1=C(C[C@@H](C)O)OC(C)(C)C1=O. The molecule has 5 nitrogen and oxygen atoms in total. The van der Waals surface area contributed by atoms with Gasteiger partial charge < -0.3 is 14.6 Å². The zero-order valence-corrected chi connectivity index (χ0v) is 10.6. The van der Waals surface area contributed by atoms with Crippen molar-refractivity contribution in [1.82, 2.24) is 0 Å². The highest BCUT2D eigenvalue weighted by atomic mass is 16.5. The fraction of sp³-hybridized carbons (Fsp3) is 0.667. The van der Waals surface area contributed by atoms with Crippen LogP contribution < -0.4 is 0 Å². The molecule has 0 fully saturated rings. The molecular formula is C12H18O5. The maximum absolute atomic E-state index is 12.0. The molecule has 5 heteroatoms. The highest BCUT2D eigenvalue weighted by Gasteiger charge is 2.45. The first-order valence-electron chi connectivity index (χ1n) is 5.61. The van der Waals surface area contributed by atoms with Gasteiger partial charge in [-0.2, -0.15) is 0 Å². The standard InChI is InChI=1S/C12H18O5/c1-5-16-11(15)9-8(6-7(2)13)17-12(3,4)10(9)14/h7,13H,5-6H2,1-4H3/t7-/m1/s1. The monoisotopic (exact) mass is 242 g/mol. The second-order valence-corrected chi connectivity index (χ2v) is 4.51. The molecule has 0 aromatic carbocycles. The molecule has 0 saturated heterocycles. The number of aliphatic hydroxyl groups excluding tert-OH is 1. The van der Waals surface area contributed by atoms with E-state index in [-0.39, 0.29) is 24.4 Å². The Balaban J connectivity index is 3.05. The summed E-state index contributed by atoms with van der Waals surface area (Å²) in [5, 5.41) is 9.32. The highest BCUT2D eigenvalue weighted by molar-refractivity contribution is 6.22. The molecule has 0 spiro atoms. The Morgan fingerprint density at radius 1 is 1.53 bits per heavy atom. The van der Waals surface area contributed by atoms with Crippen LogP contribution in [-0.2, 0) is 19.1 Å². The summed E-state index contributed by atoms with van der Waals surface area (Å²) in [6.45, 7) is 6.60. The quantitative estimate of drug-likeness (QED) is 0.587. The van der Waals surface area contributed by atoms with Crippen LogP contribution in [0.5, 0.6) is 0 Å². The Morgan fingerprint density at radius 2 is 2.12 bits per heavy atom. The molecule has 0 amide bonds. The molecule has 0 saturated carbocycles. The molecule has 96 valence electrons. The van der Waals surface area contributed by atoms with Crippen molar-refractivity contribution in [2.45, 2.75) is 45.8 Å². The van der Waals surface area contributed by atoms with E-state index in [2.05, 4.69) is 0 Å². The molecule has 1 heterocycles. The van der Waals surface area contributed by atoms with Gasteiger partial charge in [0, 0.05) is 6.42 Å². The third kappa shape index (κ3) is 2.85. The van der Waals surface area contributed by atoms with Crippen LogP contribution in [0.1, 0.15) is 34.1 Å². The van der Waals surface area contributed by atoms with E-state index >= 15 is 0 Å². The molecule has 1 rings (SSSR count). The summed E-state index contributed by atoms with van der Waals surface area (Å²) >= 11 is 0. The smallest absolute Gasteiger partial charge is 0.345 e. The number of Topliss-reactive ketones (excluding diaryl/α,β-unsaturated/α-hetero) is 1. The van der Waals surface area contributed by atoms with Crippen molar-refractivity contribution in [2.75, 3.05) is 6.61 Å². The van der Waals surface area contributed by atoms with Crippen molar-refractivity contribution in [1.29, 1.82) is 0 Å². The average Bonchev–Trinajstić information content (AvgIpc) is 2.36. The van der Waals surface area contributed by atoms with Crippen molar-refractivity contribution in [3.05, 3.63) is 11.3 Å². The minimum absolute atomic E-state index is 0.0715. The third-order valence-electron chi connectivity index (χ3n) is 2.39. The summed E-state index contributed by atoms with van der Waals surface area (Å²) in [4.78, 5) is 23.6. The molecular weight excluding hydrogens is 224 g/mol. The largest absolute Gasteiger partial charge is 0.483 e. The molecule has 0 unspecified atom stereocenters. The van der Waals surface area contributed by atoms with Gasteiger partial charge in [-0.15, -0.1) is 0 Å². The minimum Gasteiger partial charge on any atom is -0.483 e. The number of ketones is 1. The van der Waals surface area contributed by atoms with Crippen LogP contribution in [0.4, 0.5) is 0 Å². The van der Waals surface area contributed by atoms with Crippen LogP contribution in [-0.4, -0.2) is 35.2 Å². The van der Waals surface area contributed by atoms with Crippen molar-refractivity contribution >= 4 is 11.8 Å². The summed E-state index contributed by atoms with van der Waals surface area (Å²) in [5.41, 5.74) is -1.13. The van der Waals surface area contributed by atoms with Crippen molar-refractivity contribution in [3.8, 4) is 0 Å². The Hall–Kier alpha value is -1.36. The molecule has 17 heavy (non-hydrogen) atoms. The molecule has 0 radical (unpaired) electrons. The molecule has 0 aliphatic carbocycles. The van der Waals surface area contributed by atoms with Crippen LogP contribution >= 0.6 is 0 Å². The van der Waals surface area contributed by atoms with E-state index in [4.69, 9.17) is 9.47 Å². The summed E-state index contributed by atoms with van der Waals surface area (Å²) < 4.78 is 10.2. The lowest BCUT2D eigenvalue weighted by atomic mass is 9.98.